The van der Waals surface area contributed by atoms with Crippen LogP contribution in [0.25, 0.3) is 0 Å². The Bertz CT molecular complexity index is 279. The van der Waals surface area contributed by atoms with E-state index in [1.165, 1.54) is 77.2 Å². The fourth-order valence-corrected chi connectivity index (χ4v) is 5.03. The molecule has 0 spiro atoms. The monoisotopic (exact) mass is 278 g/mol. The molecule has 2 saturated carbocycles. The number of hydrogen-bond donors (Lipinski definition) is 2. The lowest BCUT2D eigenvalue weighted by Gasteiger charge is -2.36. The van der Waals surface area contributed by atoms with E-state index < -0.39 is 0 Å². The summed E-state index contributed by atoms with van der Waals surface area (Å²) in [6.45, 7) is 3.71. The van der Waals surface area contributed by atoms with E-state index in [2.05, 4.69) is 17.6 Å². The third-order valence-electron chi connectivity index (χ3n) is 6.27. The third kappa shape index (κ3) is 3.57. The maximum absolute atomic E-state index is 4.06. The zero-order valence-electron chi connectivity index (χ0n) is 13.4. The van der Waals surface area contributed by atoms with Gasteiger partial charge in [-0.3, -0.25) is 0 Å². The topological polar surface area (TPSA) is 24.1 Å². The Morgan fingerprint density at radius 1 is 0.850 bits per heavy atom. The smallest absolute Gasteiger partial charge is 0.0113 e. The van der Waals surface area contributed by atoms with Crippen LogP contribution < -0.4 is 10.6 Å². The summed E-state index contributed by atoms with van der Waals surface area (Å²) < 4.78 is 0. The summed E-state index contributed by atoms with van der Waals surface area (Å²) in [4.78, 5) is 0. The Balaban J connectivity index is 1.52. The zero-order valence-corrected chi connectivity index (χ0v) is 13.4. The molecule has 2 nitrogen and oxygen atoms in total. The highest BCUT2D eigenvalue weighted by Crippen LogP contribution is 2.33. The molecule has 1 saturated heterocycles. The molecular weight excluding hydrogens is 244 g/mol. The molecule has 0 bridgehead atoms. The maximum Gasteiger partial charge on any atom is 0.0113 e. The van der Waals surface area contributed by atoms with Crippen LogP contribution in [0.5, 0.6) is 0 Å². The molecule has 1 aliphatic heterocycles. The molecule has 0 aromatic carbocycles. The van der Waals surface area contributed by atoms with Crippen molar-refractivity contribution in [2.75, 3.05) is 6.54 Å². The first-order chi connectivity index (χ1) is 9.84. The molecule has 20 heavy (non-hydrogen) atoms. The van der Waals surface area contributed by atoms with Crippen LogP contribution in [0.3, 0.4) is 0 Å². The van der Waals surface area contributed by atoms with Crippen molar-refractivity contribution < 1.29 is 0 Å². The quantitative estimate of drug-likeness (QED) is 0.816. The number of nitrogens with one attached hydrogen (secondary N) is 2. The third-order valence-corrected chi connectivity index (χ3v) is 6.27. The molecule has 4 unspecified atom stereocenters. The van der Waals surface area contributed by atoms with Gasteiger partial charge in [-0.2, -0.15) is 0 Å². The molecule has 1 heterocycles. The van der Waals surface area contributed by atoms with E-state index in [1.807, 2.05) is 0 Å². The second kappa shape index (κ2) is 7.26. The summed E-state index contributed by atoms with van der Waals surface area (Å²) in [7, 11) is 0. The number of rotatable bonds is 4. The molecule has 0 aromatic rings. The minimum Gasteiger partial charge on any atom is -0.314 e. The van der Waals surface area contributed by atoms with Crippen LogP contribution >= 0.6 is 0 Å². The van der Waals surface area contributed by atoms with E-state index in [0.717, 1.165) is 30.0 Å². The van der Waals surface area contributed by atoms with Crippen molar-refractivity contribution in [2.45, 2.75) is 95.7 Å². The molecule has 116 valence electrons. The second-order valence-corrected chi connectivity index (χ2v) is 7.61. The van der Waals surface area contributed by atoms with Crippen molar-refractivity contribution in [3.05, 3.63) is 0 Å². The summed E-state index contributed by atoms with van der Waals surface area (Å²) in [6.07, 6.45) is 15.9. The highest BCUT2D eigenvalue weighted by molar-refractivity contribution is 4.94. The standard InChI is InChI=1S/C18H34N2/c1-14(15-8-3-2-4-9-15)20-18-12-7-10-16(18)17-11-5-6-13-19-17/h14-20H,2-13H2,1H3. The zero-order chi connectivity index (χ0) is 13.8. The van der Waals surface area contributed by atoms with Crippen molar-refractivity contribution in [3.63, 3.8) is 0 Å². The van der Waals surface area contributed by atoms with Crippen LogP contribution in [0.1, 0.15) is 77.6 Å². The van der Waals surface area contributed by atoms with E-state index in [4.69, 9.17) is 0 Å². The molecule has 0 aromatic heterocycles. The Kier molecular flexibility index (Phi) is 5.39. The first-order valence-corrected chi connectivity index (χ1v) is 9.34. The summed E-state index contributed by atoms with van der Waals surface area (Å²) in [5.74, 6) is 1.85. The molecule has 2 heteroatoms. The predicted molar refractivity (Wildman–Crippen MR) is 85.9 cm³/mol. The lowest BCUT2D eigenvalue weighted by Crippen LogP contribution is -2.50. The van der Waals surface area contributed by atoms with Crippen LogP contribution in [0, 0.1) is 11.8 Å². The molecule has 3 aliphatic rings. The van der Waals surface area contributed by atoms with Crippen molar-refractivity contribution in [2.24, 2.45) is 11.8 Å². The minimum atomic E-state index is 0.740. The fraction of sp³-hybridized carbons (Fsp3) is 1.00. The van der Waals surface area contributed by atoms with Crippen molar-refractivity contribution in [1.82, 2.24) is 10.6 Å². The molecule has 0 radical (unpaired) electrons. The maximum atomic E-state index is 4.06. The second-order valence-electron chi connectivity index (χ2n) is 7.61. The van der Waals surface area contributed by atoms with Crippen LogP contribution in [0.2, 0.25) is 0 Å². The van der Waals surface area contributed by atoms with Gasteiger partial charge in [0.25, 0.3) is 0 Å². The van der Waals surface area contributed by atoms with Gasteiger partial charge in [0, 0.05) is 18.1 Å². The van der Waals surface area contributed by atoms with Crippen LogP contribution in [0.15, 0.2) is 0 Å². The predicted octanol–water partition coefficient (Wildman–Crippen LogP) is 3.86. The summed E-state index contributed by atoms with van der Waals surface area (Å²) in [5, 5.41) is 7.86. The molecule has 4 atom stereocenters. The fourth-order valence-electron chi connectivity index (χ4n) is 5.03. The van der Waals surface area contributed by atoms with Gasteiger partial charge in [-0.25, -0.2) is 0 Å². The highest BCUT2D eigenvalue weighted by Gasteiger charge is 2.35. The SMILES string of the molecule is CC(NC1CCCC1C1CCCCN1)C1CCCCC1. The van der Waals surface area contributed by atoms with Crippen LogP contribution in [-0.4, -0.2) is 24.7 Å². The van der Waals surface area contributed by atoms with Gasteiger partial charge in [-0.05, 0) is 63.8 Å². The molecule has 3 fully saturated rings. The van der Waals surface area contributed by atoms with Gasteiger partial charge in [0.15, 0.2) is 0 Å². The van der Waals surface area contributed by atoms with E-state index in [0.29, 0.717) is 0 Å². The van der Waals surface area contributed by atoms with Crippen molar-refractivity contribution >= 4 is 0 Å². The molecular formula is C18H34N2. The normalized spacial score (nSPS) is 38.0. The first-order valence-electron chi connectivity index (χ1n) is 9.34. The van der Waals surface area contributed by atoms with Crippen LogP contribution in [0.4, 0.5) is 0 Å². The lowest BCUT2D eigenvalue weighted by atomic mass is 9.83. The highest BCUT2D eigenvalue weighted by atomic mass is 15.0. The summed E-state index contributed by atoms with van der Waals surface area (Å²) >= 11 is 0. The molecule has 0 amide bonds. The van der Waals surface area contributed by atoms with Gasteiger partial charge in [0.05, 0.1) is 0 Å². The Morgan fingerprint density at radius 2 is 1.65 bits per heavy atom. The summed E-state index contributed by atoms with van der Waals surface area (Å²) in [5.41, 5.74) is 0. The number of piperidine rings is 1. The van der Waals surface area contributed by atoms with Gasteiger partial charge < -0.3 is 10.6 Å². The summed E-state index contributed by atoms with van der Waals surface area (Å²) in [6, 6.07) is 2.34. The molecule has 2 N–H and O–H groups in total. The lowest BCUT2D eigenvalue weighted by molar-refractivity contribution is 0.212. The van der Waals surface area contributed by atoms with E-state index in [9.17, 15) is 0 Å². The van der Waals surface area contributed by atoms with Crippen LogP contribution in [-0.2, 0) is 0 Å². The Hall–Kier alpha value is -0.0800. The van der Waals surface area contributed by atoms with E-state index in [-0.39, 0.29) is 0 Å². The Labute approximate surface area is 125 Å². The van der Waals surface area contributed by atoms with Gasteiger partial charge in [-0.1, -0.05) is 32.1 Å². The minimum absolute atomic E-state index is 0.740. The Morgan fingerprint density at radius 3 is 2.40 bits per heavy atom. The van der Waals surface area contributed by atoms with Gasteiger partial charge in [0.2, 0.25) is 0 Å². The van der Waals surface area contributed by atoms with Crippen molar-refractivity contribution in [1.29, 1.82) is 0 Å². The average molecular weight is 278 g/mol. The molecule has 2 aliphatic carbocycles. The van der Waals surface area contributed by atoms with E-state index >= 15 is 0 Å². The number of hydrogen-bond acceptors (Lipinski definition) is 2. The largest absolute Gasteiger partial charge is 0.314 e. The molecule has 3 rings (SSSR count). The van der Waals surface area contributed by atoms with E-state index in [1.54, 1.807) is 0 Å². The van der Waals surface area contributed by atoms with Crippen molar-refractivity contribution in [3.8, 4) is 0 Å². The average Bonchev–Trinajstić information content (AvgIpc) is 2.97. The van der Waals surface area contributed by atoms with Gasteiger partial charge in [-0.15, -0.1) is 0 Å². The van der Waals surface area contributed by atoms with Gasteiger partial charge in [0.1, 0.15) is 0 Å². The first kappa shape index (κ1) is 14.8. The van der Waals surface area contributed by atoms with Gasteiger partial charge >= 0.3 is 0 Å².